The van der Waals surface area contributed by atoms with E-state index in [4.69, 9.17) is 4.74 Å². The predicted molar refractivity (Wildman–Crippen MR) is 86.8 cm³/mol. The van der Waals surface area contributed by atoms with E-state index in [1.807, 2.05) is 19.1 Å². The summed E-state index contributed by atoms with van der Waals surface area (Å²) < 4.78 is 5.77. The average Bonchev–Trinajstić information content (AvgIpc) is 2.36. The summed E-state index contributed by atoms with van der Waals surface area (Å²) in [6, 6.07) is 6.14. The molecule has 1 N–H and O–H groups in total. The Bertz CT molecular complexity index is 451. The van der Waals surface area contributed by atoms with Gasteiger partial charge in [0.15, 0.2) is 0 Å². The summed E-state index contributed by atoms with van der Waals surface area (Å²) in [5, 5.41) is 10.2. The number of hydrogen-bond acceptors (Lipinski definition) is 3. The highest BCUT2D eigenvalue weighted by atomic mass is 16.5. The number of aliphatic hydroxyl groups is 1. The number of rotatable bonds is 5. The standard InChI is InChI=1S/C18H29NO2/c1-13-5-6-18(16(4)8-13)21-12-17(20)11-19-9-14(2)7-15(3)10-19/h5-6,8,14-15,17,20H,7,9-12H2,1-4H3. The number of aliphatic hydroxyl groups excluding tert-OH is 1. The van der Waals surface area contributed by atoms with Gasteiger partial charge in [-0.15, -0.1) is 0 Å². The molecule has 3 heteroatoms. The molecule has 118 valence electrons. The van der Waals surface area contributed by atoms with E-state index in [0.29, 0.717) is 13.2 Å². The first-order valence-corrected chi connectivity index (χ1v) is 8.04. The Labute approximate surface area is 128 Å². The van der Waals surface area contributed by atoms with Crippen molar-refractivity contribution in [3.63, 3.8) is 0 Å². The zero-order valence-electron chi connectivity index (χ0n) is 13.8. The van der Waals surface area contributed by atoms with Crippen molar-refractivity contribution >= 4 is 0 Å². The van der Waals surface area contributed by atoms with E-state index in [9.17, 15) is 5.11 Å². The fourth-order valence-corrected chi connectivity index (χ4v) is 3.44. The van der Waals surface area contributed by atoms with Gasteiger partial charge in [-0.1, -0.05) is 31.5 Å². The van der Waals surface area contributed by atoms with Gasteiger partial charge in [0.25, 0.3) is 0 Å². The second-order valence-electron chi connectivity index (χ2n) is 6.90. The van der Waals surface area contributed by atoms with Gasteiger partial charge < -0.3 is 14.7 Å². The Kier molecular flexibility index (Phi) is 5.65. The van der Waals surface area contributed by atoms with Gasteiger partial charge in [0.05, 0.1) is 0 Å². The second kappa shape index (κ2) is 7.28. The van der Waals surface area contributed by atoms with E-state index >= 15 is 0 Å². The topological polar surface area (TPSA) is 32.7 Å². The largest absolute Gasteiger partial charge is 0.491 e. The fraction of sp³-hybridized carbons (Fsp3) is 0.667. The van der Waals surface area contributed by atoms with E-state index in [1.54, 1.807) is 0 Å². The van der Waals surface area contributed by atoms with Crippen LogP contribution in [0.5, 0.6) is 5.75 Å². The van der Waals surface area contributed by atoms with Crippen LogP contribution in [0.2, 0.25) is 0 Å². The van der Waals surface area contributed by atoms with Crippen molar-refractivity contribution in [2.75, 3.05) is 26.2 Å². The molecule has 1 aliphatic rings. The maximum Gasteiger partial charge on any atom is 0.122 e. The van der Waals surface area contributed by atoms with E-state index < -0.39 is 6.10 Å². The Balaban J connectivity index is 1.80. The molecule has 3 atom stereocenters. The second-order valence-corrected chi connectivity index (χ2v) is 6.90. The smallest absolute Gasteiger partial charge is 0.122 e. The van der Waals surface area contributed by atoms with Crippen molar-refractivity contribution in [2.45, 2.75) is 40.2 Å². The van der Waals surface area contributed by atoms with Gasteiger partial charge in [-0.05, 0) is 43.7 Å². The first kappa shape index (κ1) is 16.3. The minimum Gasteiger partial charge on any atom is -0.491 e. The molecule has 3 nitrogen and oxygen atoms in total. The minimum absolute atomic E-state index is 0.364. The van der Waals surface area contributed by atoms with Crippen LogP contribution in [-0.4, -0.2) is 42.4 Å². The maximum atomic E-state index is 10.2. The summed E-state index contributed by atoms with van der Waals surface area (Å²) in [5.41, 5.74) is 2.36. The molecule has 0 aliphatic carbocycles. The van der Waals surface area contributed by atoms with Crippen molar-refractivity contribution in [1.29, 1.82) is 0 Å². The first-order valence-electron chi connectivity index (χ1n) is 8.04. The molecule has 1 aromatic carbocycles. The first-order chi connectivity index (χ1) is 9.94. The van der Waals surface area contributed by atoms with Gasteiger partial charge in [-0.25, -0.2) is 0 Å². The highest BCUT2D eigenvalue weighted by molar-refractivity contribution is 5.35. The van der Waals surface area contributed by atoms with Crippen molar-refractivity contribution in [3.8, 4) is 5.75 Å². The van der Waals surface area contributed by atoms with E-state index in [-0.39, 0.29) is 0 Å². The zero-order valence-corrected chi connectivity index (χ0v) is 13.8. The maximum absolute atomic E-state index is 10.2. The third kappa shape index (κ3) is 5.01. The summed E-state index contributed by atoms with van der Waals surface area (Å²) in [6.45, 7) is 12.0. The molecule has 2 rings (SSSR count). The lowest BCUT2D eigenvalue weighted by Crippen LogP contribution is -2.44. The normalized spacial score (nSPS) is 24.8. The molecule has 1 aliphatic heterocycles. The van der Waals surface area contributed by atoms with Crippen LogP contribution in [-0.2, 0) is 0 Å². The quantitative estimate of drug-likeness (QED) is 0.905. The molecule has 0 aromatic heterocycles. The average molecular weight is 291 g/mol. The fourth-order valence-electron chi connectivity index (χ4n) is 3.44. The van der Waals surface area contributed by atoms with Crippen LogP contribution in [0.1, 0.15) is 31.4 Å². The lowest BCUT2D eigenvalue weighted by molar-refractivity contribution is 0.0427. The van der Waals surface area contributed by atoms with Crippen LogP contribution < -0.4 is 4.74 Å². The van der Waals surface area contributed by atoms with Gasteiger partial charge in [0.1, 0.15) is 18.5 Å². The Hall–Kier alpha value is -1.06. The van der Waals surface area contributed by atoms with Gasteiger partial charge in [-0.2, -0.15) is 0 Å². The van der Waals surface area contributed by atoms with Gasteiger partial charge in [0.2, 0.25) is 0 Å². The summed E-state index contributed by atoms with van der Waals surface area (Å²) in [4.78, 5) is 2.37. The molecule has 3 unspecified atom stereocenters. The SMILES string of the molecule is Cc1ccc(OCC(O)CN2CC(C)CC(C)C2)c(C)c1. The molecule has 1 saturated heterocycles. The summed E-state index contributed by atoms with van der Waals surface area (Å²) in [5.74, 6) is 2.32. The van der Waals surface area contributed by atoms with Gasteiger partial charge in [-0.3, -0.25) is 0 Å². The number of benzene rings is 1. The minimum atomic E-state index is -0.428. The van der Waals surface area contributed by atoms with Crippen molar-refractivity contribution in [3.05, 3.63) is 29.3 Å². The summed E-state index contributed by atoms with van der Waals surface area (Å²) in [7, 11) is 0. The van der Waals surface area contributed by atoms with Crippen LogP contribution >= 0.6 is 0 Å². The summed E-state index contributed by atoms with van der Waals surface area (Å²) in [6.07, 6.45) is 0.870. The number of ether oxygens (including phenoxy) is 1. The van der Waals surface area contributed by atoms with E-state index in [0.717, 1.165) is 36.2 Å². The number of piperidine rings is 1. The molecule has 1 aromatic rings. The van der Waals surface area contributed by atoms with Crippen LogP contribution in [0.3, 0.4) is 0 Å². The molecule has 0 amide bonds. The van der Waals surface area contributed by atoms with Crippen LogP contribution in [0, 0.1) is 25.7 Å². The number of likely N-dealkylation sites (tertiary alicyclic amines) is 1. The molecular formula is C18H29NO2. The van der Waals surface area contributed by atoms with Crippen LogP contribution in [0.4, 0.5) is 0 Å². The third-order valence-electron chi connectivity index (χ3n) is 4.18. The molecular weight excluding hydrogens is 262 g/mol. The molecule has 0 saturated carbocycles. The number of hydrogen-bond donors (Lipinski definition) is 1. The Morgan fingerprint density at radius 2 is 1.90 bits per heavy atom. The third-order valence-corrected chi connectivity index (χ3v) is 4.18. The van der Waals surface area contributed by atoms with E-state index in [1.165, 1.54) is 12.0 Å². The van der Waals surface area contributed by atoms with Gasteiger partial charge >= 0.3 is 0 Å². The predicted octanol–water partition coefficient (Wildman–Crippen LogP) is 3.02. The highest BCUT2D eigenvalue weighted by Gasteiger charge is 2.23. The zero-order chi connectivity index (χ0) is 15.4. The Morgan fingerprint density at radius 1 is 1.24 bits per heavy atom. The molecule has 1 fully saturated rings. The molecule has 0 radical (unpaired) electrons. The Morgan fingerprint density at radius 3 is 2.52 bits per heavy atom. The van der Waals surface area contributed by atoms with Crippen LogP contribution in [0.25, 0.3) is 0 Å². The van der Waals surface area contributed by atoms with Gasteiger partial charge in [0, 0.05) is 19.6 Å². The van der Waals surface area contributed by atoms with Crippen LogP contribution in [0.15, 0.2) is 18.2 Å². The lowest BCUT2D eigenvalue weighted by Gasteiger charge is -2.35. The number of β-amino-alcohol motifs (C(OH)–C–C–N with tert-alkyl or cyclic N) is 1. The van der Waals surface area contributed by atoms with E-state index in [2.05, 4.69) is 31.7 Å². The highest BCUT2D eigenvalue weighted by Crippen LogP contribution is 2.22. The number of aryl methyl sites for hydroxylation is 2. The molecule has 0 spiro atoms. The molecule has 1 heterocycles. The summed E-state index contributed by atoms with van der Waals surface area (Å²) >= 11 is 0. The van der Waals surface area contributed by atoms with Crippen molar-refractivity contribution in [1.82, 2.24) is 4.90 Å². The molecule has 0 bridgehead atoms. The van der Waals surface area contributed by atoms with Crippen molar-refractivity contribution in [2.24, 2.45) is 11.8 Å². The molecule has 21 heavy (non-hydrogen) atoms. The number of nitrogens with zero attached hydrogens (tertiary/aromatic N) is 1. The van der Waals surface area contributed by atoms with Crippen molar-refractivity contribution < 1.29 is 9.84 Å². The monoisotopic (exact) mass is 291 g/mol. The lowest BCUT2D eigenvalue weighted by atomic mass is 9.92.